The smallest absolute Gasteiger partial charge is 0.275 e. The van der Waals surface area contributed by atoms with E-state index in [1.54, 1.807) is 12.1 Å². The predicted octanol–water partition coefficient (Wildman–Crippen LogP) is 6.79. The minimum Gasteiger partial charge on any atom is -0.328 e. The summed E-state index contributed by atoms with van der Waals surface area (Å²) >= 11 is 18.8. The van der Waals surface area contributed by atoms with Gasteiger partial charge in [0.1, 0.15) is 5.82 Å². The summed E-state index contributed by atoms with van der Waals surface area (Å²) in [5, 5.41) is 1.73. The minimum atomic E-state index is 0.0101. The van der Waals surface area contributed by atoms with Crippen LogP contribution >= 0.6 is 34.8 Å². The van der Waals surface area contributed by atoms with Gasteiger partial charge in [0, 0.05) is 21.7 Å². The molecule has 0 N–H and O–H groups in total. The number of carbonyl (C=O) groups is 1. The van der Waals surface area contributed by atoms with Gasteiger partial charge in [-0.25, -0.2) is 4.98 Å². The Bertz CT molecular complexity index is 1120. The van der Waals surface area contributed by atoms with E-state index in [0.717, 1.165) is 29.8 Å². The number of aromatic nitrogens is 2. The molecule has 3 aromatic rings. The van der Waals surface area contributed by atoms with Crippen LogP contribution in [0.25, 0.3) is 17.1 Å². The molecule has 5 rings (SSSR count). The highest BCUT2D eigenvalue weighted by Crippen LogP contribution is 2.37. The fourth-order valence-electron chi connectivity index (χ4n) is 4.54. The van der Waals surface area contributed by atoms with Gasteiger partial charge in [-0.3, -0.25) is 9.36 Å². The molecule has 7 heteroatoms. The summed E-state index contributed by atoms with van der Waals surface area (Å²) in [6.45, 7) is 0.540. The fourth-order valence-corrected chi connectivity index (χ4v) is 5.16. The number of imidazole rings is 1. The molecular weight excluding hydrogens is 441 g/mol. The van der Waals surface area contributed by atoms with Gasteiger partial charge in [0.2, 0.25) is 0 Å². The van der Waals surface area contributed by atoms with Crippen molar-refractivity contribution in [3.63, 3.8) is 0 Å². The van der Waals surface area contributed by atoms with Crippen LogP contribution in [-0.2, 0) is 6.54 Å². The van der Waals surface area contributed by atoms with E-state index in [4.69, 9.17) is 39.8 Å². The number of rotatable bonds is 3. The highest BCUT2D eigenvalue weighted by molar-refractivity contribution is 6.35. The zero-order valence-electron chi connectivity index (χ0n) is 16.2. The van der Waals surface area contributed by atoms with Crippen molar-refractivity contribution in [1.82, 2.24) is 14.5 Å². The molecule has 2 heterocycles. The molecule has 1 saturated carbocycles. The van der Waals surface area contributed by atoms with Crippen LogP contribution in [0.5, 0.6) is 0 Å². The maximum absolute atomic E-state index is 13.3. The third-order valence-corrected chi connectivity index (χ3v) is 6.81. The van der Waals surface area contributed by atoms with Gasteiger partial charge in [-0.15, -0.1) is 0 Å². The van der Waals surface area contributed by atoms with E-state index >= 15 is 0 Å². The first-order valence-electron chi connectivity index (χ1n) is 10.2. The van der Waals surface area contributed by atoms with Crippen LogP contribution in [0.1, 0.15) is 48.3 Å². The van der Waals surface area contributed by atoms with E-state index in [0.29, 0.717) is 33.1 Å². The maximum Gasteiger partial charge on any atom is 0.275 e. The Morgan fingerprint density at radius 3 is 2.30 bits per heavy atom. The monoisotopic (exact) mass is 459 g/mol. The summed E-state index contributed by atoms with van der Waals surface area (Å²) in [5.74, 6) is 0.688. The molecule has 30 heavy (non-hydrogen) atoms. The van der Waals surface area contributed by atoms with Crippen LogP contribution in [0.15, 0.2) is 42.5 Å². The number of halogens is 3. The Morgan fingerprint density at radius 2 is 1.60 bits per heavy atom. The Hall–Kier alpha value is -2.01. The molecule has 0 radical (unpaired) electrons. The largest absolute Gasteiger partial charge is 0.328 e. The number of fused-ring (bicyclic) bond motifs is 1. The standard InChI is InChI=1S/C23H20Cl3N3O/c24-15-8-6-14(7-9-15)22-27-21-20(29(22)19-11-10-16(25)12-18(19)26)13-28(23(21)30)17-4-2-1-3-5-17/h6-12,17H,1-5,13H2. The highest BCUT2D eigenvalue weighted by atomic mass is 35.5. The number of benzene rings is 2. The average Bonchev–Trinajstić information content (AvgIpc) is 3.26. The molecule has 1 aliphatic carbocycles. The topological polar surface area (TPSA) is 38.1 Å². The van der Waals surface area contributed by atoms with E-state index in [1.165, 1.54) is 19.3 Å². The van der Waals surface area contributed by atoms with Gasteiger partial charge in [0.15, 0.2) is 5.69 Å². The van der Waals surface area contributed by atoms with Crippen molar-refractivity contribution >= 4 is 40.7 Å². The summed E-state index contributed by atoms with van der Waals surface area (Å²) in [5.41, 5.74) is 3.02. The van der Waals surface area contributed by atoms with Crippen molar-refractivity contribution in [3.8, 4) is 17.1 Å². The van der Waals surface area contributed by atoms with Crippen molar-refractivity contribution < 1.29 is 4.79 Å². The SMILES string of the molecule is O=C1c2nc(-c3ccc(Cl)cc3)n(-c3ccc(Cl)cc3Cl)c2CN1C1CCCCC1. The average molecular weight is 461 g/mol. The van der Waals surface area contributed by atoms with Gasteiger partial charge < -0.3 is 4.90 Å². The van der Waals surface area contributed by atoms with Gasteiger partial charge in [-0.2, -0.15) is 0 Å². The summed E-state index contributed by atoms with van der Waals surface area (Å²) in [4.78, 5) is 20.1. The van der Waals surface area contributed by atoms with Crippen molar-refractivity contribution in [3.05, 3.63) is 68.9 Å². The van der Waals surface area contributed by atoms with Gasteiger partial charge in [-0.1, -0.05) is 54.1 Å². The van der Waals surface area contributed by atoms with Crippen LogP contribution in [0.4, 0.5) is 0 Å². The normalized spacial score (nSPS) is 16.9. The van der Waals surface area contributed by atoms with Gasteiger partial charge in [0.05, 0.1) is 22.9 Å². The Balaban J connectivity index is 1.65. The lowest BCUT2D eigenvalue weighted by molar-refractivity contribution is 0.0653. The Kier molecular flexibility index (Phi) is 5.26. The number of hydrogen-bond acceptors (Lipinski definition) is 2. The zero-order valence-corrected chi connectivity index (χ0v) is 18.5. The first-order chi connectivity index (χ1) is 14.5. The third kappa shape index (κ3) is 3.41. The zero-order chi connectivity index (χ0) is 20.8. The fraction of sp³-hybridized carbons (Fsp3) is 0.304. The van der Waals surface area contributed by atoms with Crippen LogP contribution in [0.3, 0.4) is 0 Å². The van der Waals surface area contributed by atoms with E-state index in [2.05, 4.69) is 0 Å². The molecule has 0 saturated heterocycles. The van der Waals surface area contributed by atoms with Crippen molar-refractivity contribution in [1.29, 1.82) is 0 Å². The Morgan fingerprint density at radius 1 is 0.900 bits per heavy atom. The maximum atomic E-state index is 13.3. The molecule has 1 aromatic heterocycles. The molecule has 2 aromatic carbocycles. The van der Waals surface area contributed by atoms with Crippen molar-refractivity contribution in [2.24, 2.45) is 0 Å². The lowest BCUT2D eigenvalue weighted by Gasteiger charge is -2.31. The molecule has 0 bridgehead atoms. The number of amides is 1. The quantitative estimate of drug-likeness (QED) is 0.431. The van der Waals surface area contributed by atoms with Gasteiger partial charge in [0.25, 0.3) is 5.91 Å². The van der Waals surface area contributed by atoms with E-state index in [1.807, 2.05) is 39.8 Å². The second kappa shape index (κ2) is 7.92. The van der Waals surface area contributed by atoms with Crippen LogP contribution in [0, 0.1) is 0 Å². The van der Waals surface area contributed by atoms with Gasteiger partial charge in [-0.05, 0) is 55.3 Å². The molecule has 0 unspecified atom stereocenters. The second-order valence-electron chi connectivity index (χ2n) is 7.89. The van der Waals surface area contributed by atoms with E-state index < -0.39 is 0 Å². The number of hydrogen-bond donors (Lipinski definition) is 0. The number of nitrogens with zero attached hydrogens (tertiary/aromatic N) is 3. The molecule has 1 amide bonds. The minimum absolute atomic E-state index is 0.0101. The first-order valence-corrected chi connectivity index (χ1v) is 11.3. The molecular formula is C23H20Cl3N3O. The van der Waals surface area contributed by atoms with Crippen LogP contribution in [-0.4, -0.2) is 26.4 Å². The van der Waals surface area contributed by atoms with E-state index in [-0.39, 0.29) is 11.9 Å². The van der Waals surface area contributed by atoms with Crippen LogP contribution < -0.4 is 0 Å². The molecule has 4 nitrogen and oxygen atoms in total. The van der Waals surface area contributed by atoms with Crippen molar-refractivity contribution in [2.75, 3.05) is 0 Å². The summed E-state index contributed by atoms with van der Waals surface area (Å²) in [6.07, 6.45) is 5.71. The molecule has 0 atom stereocenters. The highest BCUT2D eigenvalue weighted by Gasteiger charge is 2.38. The van der Waals surface area contributed by atoms with Gasteiger partial charge >= 0.3 is 0 Å². The summed E-state index contributed by atoms with van der Waals surface area (Å²) in [6, 6.07) is 13.1. The lowest BCUT2D eigenvalue weighted by Crippen LogP contribution is -2.37. The number of carbonyl (C=O) groups excluding carboxylic acids is 1. The van der Waals surface area contributed by atoms with Crippen molar-refractivity contribution in [2.45, 2.75) is 44.7 Å². The lowest BCUT2D eigenvalue weighted by atomic mass is 9.94. The summed E-state index contributed by atoms with van der Waals surface area (Å²) in [7, 11) is 0. The Labute approximate surface area is 190 Å². The molecule has 154 valence electrons. The van der Waals surface area contributed by atoms with Crippen LogP contribution in [0.2, 0.25) is 15.1 Å². The molecule has 1 fully saturated rings. The summed E-state index contributed by atoms with van der Waals surface area (Å²) < 4.78 is 2.00. The predicted molar refractivity (Wildman–Crippen MR) is 121 cm³/mol. The van der Waals surface area contributed by atoms with E-state index in [9.17, 15) is 4.79 Å². The second-order valence-corrected chi connectivity index (χ2v) is 9.17. The first kappa shape index (κ1) is 19.9. The third-order valence-electron chi connectivity index (χ3n) is 6.02. The molecule has 0 spiro atoms. The molecule has 2 aliphatic rings. The molecule has 1 aliphatic heterocycles.